The minimum absolute atomic E-state index is 0.128. The maximum atomic E-state index is 12.3. The molecule has 0 saturated carbocycles. The molecule has 164 valence electrons. The van der Waals surface area contributed by atoms with Gasteiger partial charge in [-0.25, -0.2) is 5.43 Å². The van der Waals surface area contributed by atoms with Crippen molar-refractivity contribution < 1.29 is 9.59 Å². The molecule has 2 amide bonds. The molecule has 2 rings (SSSR count). The highest BCUT2D eigenvalue weighted by Gasteiger charge is 2.19. The summed E-state index contributed by atoms with van der Waals surface area (Å²) in [5.41, 5.74) is 3.73. The van der Waals surface area contributed by atoms with Crippen molar-refractivity contribution in [2.75, 3.05) is 5.32 Å². The summed E-state index contributed by atoms with van der Waals surface area (Å²) in [5, 5.41) is 26.4. The average molecular weight is 491 g/mol. The molecule has 0 aliphatic rings. The molecule has 2 N–H and O–H groups in total. The predicted molar refractivity (Wildman–Crippen MR) is 125 cm³/mol. The third kappa shape index (κ3) is 7.86. The number of halogens is 3. The van der Waals surface area contributed by atoms with Gasteiger partial charge in [-0.2, -0.15) is 15.6 Å². The molecule has 32 heavy (non-hydrogen) atoms. The fourth-order valence-electron chi connectivity index (χ4n) is 2.74. The molecule has 0 aromatic heterocycles. The molecule has 1 unspecified atom stereocenters. The first-order valence-corrected chi connectivity index (χ1v) is 10.6. The molecule has 7 nitrogen and oxygen atoms in total. The molecule has 2 aromatic rings. The van der Waals surface area contributed by atoms with Crippen molar-refractivity contribution in [2.45, 2.75) is 31.6 Å². The summed E-state index contributed by atoms with van der Waals surface area (Å²) >= 11 is 17.8. The van der Waals surface area contributed by atoms with Crippen LogP contribution in [0.4, 0.5) is 5.69 Å². The second kappa shape index (κ2) is 12.7. The second-order valence-electron chi connectivity index (χ2n) is 6.61. The fraction of sp³-hybridized carbons (Fsp3) is 0.227. The van der Waals surface area contributed by atoms with E-state index in [4.69, 9.17) is 40.1 Å². The normalized spacial score (nSPS) is 11.7. The number of hydrogen-bond donors (Lipinski definition) is 2. The van der Waals surface area contributed by atoms with Gasteiger partial charge in [0.25, 0.3) is 5.91 Å². The zero-order chi connectivity index (χ0) is 23.5. The van der Waals surface area contributed by atoms with Crippen LogP contribution in [0.15, 0.2) is 47.6 Å². The third-order valence-corrected chi connectivity index (χ3v) is 5.07. The number of nitriles is 2. The number of amides is 2. The molecular weight excluding hydrogens is 473 g/mol. The predicted octanol–water partition coefficient (Wildman–Crippen LogP) is 5.45. The van der Waals surface area contributed by atoms with Gasteiger partial charge >= 0.3 is 0 Å². The summed E-state index contributed by atoms with van der Waals surface area (Å²) in [6.45, 7) is 0. The maximum absolute atomic E-state index is 12.3. The van der Waals surface area contributed by atoms with Crippen molar-refractivity contribution in [3.05, 3.63) is 63.1 Å². The minimum atomic E-state index is -0.761. The van der Waals surface area contributed by atoms with Gasteiger partial charge in [0.2, 0.25) is 5.91 Å². The van der Waals surface area contributed by atoms with Gasteiger partial charge in [0.1, 0.15) is 12.3 Å². The molecule has 10 heteroatoms. The van der Waals surface area contributed by atoms with Crippen LogP contribution < -0.4 is 10.7 Å². The Morgan fingerprint density at radius 1 is 0.969 bits per heavy atom. The van der Waals surface area contributed by atoms with Crippen molar-refractivity contribution >= 4 is 58.0 Å². The Morgan fingerprint density at radius 3 is 2.28 bits per heavy atom. The molecule has 0 fully saturated rings. The number of nitrogens with one attached hydrogen (secondary N) is 2. The van der Waals surface area contributed by atoms with E-state index in [9.17, 15) is 14.9 Å². The van der Waals surface area contributed by atoms with Crippen LogP contribution in [0, 0.1) is 22.7 Å². The van der Waals surface area contributed by atoms with E-state index in [0.717, 1.165) is 0 Å². The van der Waals surface area contributed by atoms with Gasteiger partial charge in [-0.05, 0) is 48.7 Å². The smallest absolute Gasteiger partial charge is 0.254 e. The lowest BCUT2D eigenvalue weighted by Gasteiger charge is -2.14. The van der Waals surface area contributed by atoms with Crippen LogP contribution in [-0.4, -0.2) is 17.5 Å². The van der Waals surface area contributed by atoms with Crippen molar-refractivity contribution in [2.24, 2.45) is 5.10 Å². The monoisotopic (exact) mass is 489 g/mol. The van der Waals surface area contributed by atoms with Crippen molar-refractivity contribution in [3.63, 3.8) is 0 Å². The highest BCUT2D eigenvalue weighted by molar-refractivity contribution is 6.36. The summed E-state index contributed by atoms with van der Waals surface area (Å²) in [4.78, 5) is 24.0. The topological polar surface area (TPSA) is 118 Å². The lowest BCUT2D eigenvalue weighted by atomic mass is 9.92. The molecule has 0 radical (unpaired) electrons. The Morgan fingerprint density at radius 2 is 1.66 bits per heavy atom. The molecule has 0 spiro atoms. The SMILES string of the molecule is N#CCC(=O)N/N=C(\CCCC(=O)Nc1ccc(Cl)cc1Cl)C(C#N)c1ccc(Cl)cc1. The number of rotatable bonds is 9. The molecule has 1 atom stereocenters. The Kier molecular flexibility index (Phi) is 9.97. The Labute approximate surface area is 200 Å². The fourth-order valence-corrected chi connectivity index (χ4v) is 3.32. The lowest BCUT2D eigenvalue weighted by Crippen LogP contribution is -2.22. The van der Waals surface area contributed by atoms with Gasteiger partial charge in [-0.3, -0.25) is 9.59 Å². The van der Waals surface area contributed by atoms with Gasteiger partial charge in [0, 0.05) is 16.5 Å². The maximum Gasteiger partial charge on any atom is 0.254 e. The Hall–Kier alpha value is -3.10. The Balaban J connectivity index is 2.08. The van der Waals surface area contributed by atoms with Gasteiger partial charge in [0.05, 0.1) is 28.6 Å². The first-order valence-electron chi connectivity index (χ1n) is 9.46. The first kappa shape index (κ1) is 25.2. The molecule has 0 bridgehead atoms. The van der Waals surface area contributed by atoms with E-state index in [1.54, 1.807) is 42.5 Å². The molecular formula is C22H18Cl3N5O2. The van der Waals surface area contributed by atoms with Crippen molar-refractivity contribution in [3.8, 4) is 12.1 Å². The average Bonchev–Trinajstić information content (AvgIpc) is 2.75. The molecule has 0 heterocycles. The van der Waals surface area contributed by atoms with Crippen LogP contribution in [0.25, 0.3) is 0 Å². The van der Waals surface area contributed by atoms with Gasteiger partial charge < -0.3 is 5.32 Å². The van der Waals surface area contributed by atoms with Gasteiger partial charge in [-0.15, -0.1) is 0 Å². The highest BCUT2D eigenvalue weighted by Crippen LogP contribution is 2.26. The molecule has 0 aliphatic heterocycles. The zero-order valence-corrected chi connectivity index (χ0v) is 19.0. The van der Waals surface area contributed by atoms with E-state index >= 15 is 0 Å². The van der Waals surface area contributed by atoms with E-state index < -0.39 is 11.8 Å². The number of carbonyl (C=O) groups excluding carboxylic acids is 2. The minimum Gasteiger partial charge on any atom is -0.325 e. The first-order chi connectivity index (χ1) is 15.3. The summed E-state index contributed by atoms with van der Waals surface area (Å²) in [5.74, 6) is -1.63. The van der Waals surface area contributed by atoms with Crippen LogP contribution in [0.2, 0.25) is 15.1 Å². The summed E-state index contributed by atoms with van der Waals surface area (Å²) in [6.07, 6.45) is 0.382. The van der Waals surface area contributed by atoms with Crippen molar-refractivity contribution in [1.29, 1.82) is 10.5 Å². The number of hydrogen-bond acceptors (Lipinski definition) is 5. The zero-order valence-electron chi connectivity index (χ0n) is 16.7. The van der Waals surface area contributed by atoms with E-state index in [1.165, 1.54) is 6.07 Å². The third-order valence-electron chi connectivity index (χ3n) is 4.27. The van der Waals surface area contributed by atoms with Gasteiger partial charge in [-0.1, -0.05) is 46.9 Å². The molecule has 0 aliphatic carbocycles. The summed E-state index contributed by atoms with van der Waals surface area (Å²) in [7, 11) is 0. The van der Waals surface area contributed by atoms with E-state index in [1.807, 2.05) is 0 Å². The highest BCUT2D eigenvalue weighted by atomic mass is 35.5. The lowest BCUT2D eigenvalue weighted by molar-refractivity contribution is -0.120. The second-order valence-corrected chi connectivity index (χ2v) is 7.89. The van der Waals surface area contributed by atoms with Crippen LogP contribution in [-0.2, 0) is 9.59 Å². The Bertz CT molecular complexity index is 1090. The van der Waals surface area contributed by atoms with Crippen LogP contribution in [0.5, 0.6) is 0 Å². The number of nitrogens with zero attached hydrogens (tertiary/aromatic N) is 3. The summed E-state index contributed by atoms with van der Waals surface area (Å²) < 4.78 is 0. The van der Waals surface area contributed by atoms with Crippen LogP contribution in [0.1, 0.15) is 37.2 Å². The number of anilines is 1. The number of hydrazone groups is 1. The number of carbonyl (C=O) groups is 2. The van der Waals surface area contributed by atoms with E-state index in [0.29, 0.717) is 38.5 Å². The van der Waals surface area contributed by atoms with E-state index in [-0.39, 0.29) is 25.2 Å². The largest absolute Gasteiger partial charge is 0.325 e. The standard InChI is InChI=1S/C22H18Cl3N5O2/c23-15-6-4-14(5-7-15)17(13-27)19(29-30-22(32)10-11-26)2-1-3-21(31)28-20-9-8-16(24)12-18(20)25/h4-9,12,17H,1-3,10H2,(H,28,31)(H,30,32)/b29-19+. The van der Waals surface area contributed by atoms with Crippen LogP contribution >= 0.6 is 34.8 Å². The summed E-state index contributed by atoms with van der Waals surface area (Å²) in [6, 6.07) is 15.3. The van der Waals surface area contributed by atoms with E-state index in [2.05, 4.69) is 21.9 Å². The van der Waals surface area contributed by atoms with Gasteiger partial charge in [0.15, 0.2) is 0 Å². The molecule has 2 aromatic carbocycles. The van der Waals surface area contributed by atoms with Crippen molar-refractivity contribution in [1.82, 2.24) is 5.43 Å². The number of benzene rings is 2. The van der Waals surface area contributed by atoms with Crippen LogP contribution in [0.3, 0.4) is 0 Å². The quantitative estimate of drug-likeness (QED) is 0.359. The molecule has 0 saturated heterocycles.